The van der Waals surface area contributed by atoms with E-state index in [-0.39, 0.29) is 19.6 Å². The van der Waals surface area contributed by atoms with Crippen molar-refractivity contribution in [3.63, 3.8) is 0 Å². The number of alkyl carbamates (subject to hydrolysis) is 1. The summed E-state index contributed by atoms with van der Waals surface area (Å²) in [6.45, 7) is 5.72. The molecule has 0 saturated carbocycles. The van der Waals surface area contributed by atoms with Crippen molar-refractivity contribution in [1.29, 1.82) is 0 Å². The second kappa shape index (κ2) is 11.1. The number of rotatable bonds is 1. The monoisotopic (exact) mass is 639 g/mol. The quantitative estimate of drug-likeness (QED) is 0.447. The first-order valence-corrected chi connectivity index (χ1v) is 13.9. The van der Waals surface area contributed by atoms with Gasteiger partial charge in [-0.3, -0.25) is 4.79 Å². The Morgan fingerprint density at radius 2 is 1.97 bits per heavy atom. The van der Waals surface area contributed by atoms with Gasteiger partial charge in [0.05, 0.1) is 18.5 Å². The van der Waals surface area contributed by atoms with Gasteiger partial charge in [0.2, 0.25) is 11.8 Å². The molecule has 37 heavy (non-hydrogen) atoms. The predicted octanol–water partition coefficient (Wildman–Crippen LogP) is 5.06. The standard InChI is InChI=1S/C26H31Br2N3O6/c1-26(2,3)21-23(32)31-13-15(12-18(31)24(33)34)37-22-19-16(8-9-29-22)17(27)11-14(20(19)28)7-5-4-6-10-36-25(35)30-21/h8-9,11,15,18,21H,4-7,10,12-13H2,1-3H3,(H,30,35)(H,33,34)/t15-,18+,21-/m1/s1. The van der Waals surface area contributed by atoms with Crippen LogP contribution in [0.4, 0.5) is 4.79 Å². The maximum absolute atomic E-state index is 13.6. The molecular weight excluding hydrogens is 610 g/mol. The zero-order chi connectivity index (χ0) is 26.9. The Kier molecular flexibility index (Phi) is 8.32. The lowest BCUT2D eigenvalue weighted by molar-refractivity contribution is -0.150. The SMILES string of the molecule is CC(C)(C)[C@@H]1NC(=O)OCCCCCc2cc(Br)c3ccnc(c3c2Br)O[C@@H]2C[C@@H](C(=O)O)N(C2)C1=O. The van der Waals surface area contributed by atoms with Crippen LogP contribution in [0.2, 0.25) is 0 Å². The number of benzene rings is 1. The van der Waals surface area contributed by atoms with E-state index in [1.165, 1.54) is 4.90 Å². The van der Waals surface area contributed by atoms with Crippen molar-refractivity contribution in [1.82, 2.24) is 15.2 Å². The third kappa shape index (κ3) is 6.03. The molecule has 2 aliphatic heterocycles. The number of nitrogens with zero attached hydrogens (tertiary/aromatic N) is 2. The maximum atomic E-state index is 13.6. The van der Waals surface area contributed by atoms with Crippen LogP contribution in [0.1, 0.15) is 52.0 Å². The highest BCUT2D eigenvalue weighted by atomic mass is 79.9. The first kappa shape index (κ1) is 27.6. The van der Waals surface area contributed by atoms with Crippen LogP contribution in [0.15, 0.2) is 27.3 Å². The fourth-order valence-corrected chi connectivity index (χ4v) is 6.13. The van der Waals surface area contributed by atoms with Gasteiger partial charge in [0.1, 0.15) is 18.2 Å². The summed E-state index contributed by atoms with van der Waals surface area (Å²) < 4.78 is 13.4. The molecule has 200 valence electrons. The second-order valence-electron chi connectivity index (χ2n) is 10.6. The summed E-state index contributed by atoms with van der Waals surface area (Å²) in [5.74, 6) is -1.23. The van der Waals surface area contributed by atoms with Gasteiger partial charge in [-0.15, -0.1) is 0 Å². The highest BCUT2D eigenvalue weighted by molar-refractivity contribution is 9.11. The number of amides is 2. The maximum Gasteiger partial charge on any atom is 0.407 e. The van der Waals surface area contributed by atoms with Gasteiger partial charge in [0.15, 0.2) is 0 Å². The number of carbonyl (C=O) groups is 3. The van der Waals surface area contributed by atoms with Gasteiger partial charge in [-0.05, 0) is 64.7 Å². The molecule has 2 aliphatic rings. The number of aliphatic carboxylic acids is 1. The summed E-state index contributed by atoms with van der Waals surface area (Å²) in [5.41, 5.74) is 0.403. The number of pyridine rings is 1. The van der Waals surface area contributed by atoms with E-state index in [9.17, 15) is 19.5 Å². The van der Waals surface area contributed by atoms with Crippen LogP contribution in [0.25, 0.3) is 10.8 Å². The summed E-state index contributed by atoms with van der Waals surface area (Å²) in [5, 5.41) is 14.3. The molecule has 3 heterocycles. The Labute approximate surface area is 232 Å². The molecule has 1 fully saturated rings. The number of carbonyl (C=O) groups excluding carboxylic acids is 2. The molecule has 2 N–H and O–H groups in total. The minimum atomic E-state index is -1.13. The summed E-state index contributed by atoms with van der Waals surface area (Å²) in [6.07, 6.45) is 3.68. The molecule has 0 aliphatic carbocycles. The molecule has 9 nitrogen and oxygen atoms in total. The van der Waals surface area contributed by atoms with Crippen molar-refractivity contribution >= 4 is 60.6 Å². The number of aryl methyl sites for hydroxylation is 1. The van der Waals surface area contributed by atoms with Crippen molar-refractivity contribution in [2.24, 2.45) is 5.41 Å². The van der Waals surface area contributed by atoms with Gasteiger partial charge >= 0.3 is 12.1 Å². The average Bonchev–Trinajstić information content (AvgIpc) is 3.25. The fourth-order valence-electron chi connectivity index (χ4n) is 4.83. The molecular formula is C26H31Br2N3O6. The van der Waals surface area contributed by atoms with Gasteiger partial charge in [-0.1, -0.05) is 36.7 Å². The van der Waals surface area contributed by atoms with Crippen molar-refractivity contribution in [2.75, 3.05) is 13.2 Å². The number of carboxylic acid groups (broad SMARTS) is 1. The largest absolute Gasteiger partial charge is 0.480 e. The number of fused-ring (bicyclic) bond motifs is 3. The minimum absolute atomic E-state index is 0.0512. The fraction of sp³-hybridized carbons (Fsp3) is 0.538. The third-order valence-corrected chi connectivity index (χ3v) is 8.35. The topological polar surface area (TPSA) is 118 Å². The Balaban J connectivity index is 1.75. The van der Waals surface area contributed by atoms with Crippen molar-refractivity contribution in [2.45, 2.75) is 71.1 Å². The molecule has 4 bridgehead atoms. The number of hydrogen-bond acceptors (Lipinski definition) is 6. The van der Waals surface area contributed by atoms with Crippen LogP contribution >= 0.6 is 31.9 Å². The third-order valence-electron chi connectivity index (χ3n) is 6.78. The average molecular weight is 641 g/mol. The number of cyclic esters (lactones) is 1. The van der Waals surface area contributed by atoms with Gasteiger partial charge in [-0.25, -0.2) is 14.6 Å². The Bertz CT molecular complexity index is 1210. The van der Waals surface area contributed by atoms with E-state index in [1.54, 1.807) is 6.20 Å². The summed E-state index contributed by atoms with van der Waals surface area (Å²) in [7, 11) is 0. The zero-order valence-electron chi connectivity index (χ0n) is 21.1. The summed E-state index contributed by atoms with van der Waals surface area (Å²) in [6, 6.07) is 1.90. The Hall–Kier alpha value is -2.40. The van der Waals surface area contributed by atoms with Gasteiger partial charge < -0.3 is 24.8 Å². The number of carboxylic acids is 1. The molecule has 11 heteroatoms. The Morgan fingerprint density at radius 1 is 1.22 bits per heavy atom. The van der Waals surface area contributed by atoms with Crippen LogP contribution in [-0.2, 0) is 20.7 Å². The highest BCUT2D eigenvalue weighted by Crippen LogP contribution is 2.40. The molecule has 1 aromatic carbocycles. The van der Waals surface area contributed by atoms with E-state index in [1.807, 2.05) is 26.8 Å². The van der Waals surface area contributed by atoms with Gasteiger partial charge in [0.25, 0.3) is 0 Å². The van der Waals surface area contributed by atoms with E-state index in [0.29, 0.717) is 12.3 Å². The number of nitrogens with one attached hydrogen (secondary N) is 1. The molecule has 2 aromatic rings. The lowest BCUT2D eigenvalue weighted by atomic mass is 9.85. The molecule has 1 aromatic heterocycles. The molecule has 4 rings (SSSR count). The zero-order valence-corrected chi connectivity index (χ0v) is 24.2. The van der Waals surface area contributed by atoms with Crippen LogP contribution in [0, 0.1) is 5.41 Å². The van der Waals surface area contributed by atoms with Crippen LogP contribution in [0.5, 0.6) is 5.88 Å². The Morgan fingerprint density at radius 3 is 2.68 bits per heavy atom. The molecule has 3 atom stereocenters. The van der Waals surface area contributed by atoms with E-state index in [0.717, 1.165) is 44.5 Å². The van der Waals surface area contributed by atoms with Crippen molar-refractivity contribution in [3.05, 3.63) is 32.8 Å². The molecule has 1 saturated heterocycles. The molecule has 0 unspecified atom stereocenters. The number of ether oxygens (including phenoxy) is 2. The smallest absolute Gasteiger partial charge is 0.407 e. The lowest BCUT2D eigenvalue weighted by Crippen LogP contribution is -2.57. The lowest BCUT2D eigenvalue weighted by Gasteiger charge is -2.34. The number of aromatic nitrogens is 1. The highest BCUT2D eigenvalue weighted by Gasteiger charge is 2.46. The molecule has 0 radical (unpaired) electrons. The van der Waals surface area contributed by atoms with E-state index >= 15 is 0 Å². The second-order valence-corrected chi connectivity index (χ2v) is 12.2. The molecule has 2 amide bonds. The van der Waals surface area contributed by atoms with Gasteiger partial charge in [-0.2, -0.15) is 0 Å². The predicted molar refractivity (Wildman–Crippen MR) is 145 cm³/mol. The van der Waals surface area contributed by atoms with E-state index in [2.05, 4.69) is 48.2 Å². The molecule has 0 spiro atoms. The first-order chi connectivity index (χ1) is 17.5. The van der Waals surface area contributed by atoms with Crippen LogP contribution in [-0.4, -0.2) is 64.3 Å². The van der Waals surface area contributed by atoms with Crippen LogP contribution in [0.3, 0.4) is 0 Å². The van der Waals surface area contributed by atoms with E-state index in [4.69, 9.17) is 9.47 Å². The van der Waals surface area contributed by atoms with Gasteiger partial charge in [0, 0.05) is 26.9 Å². The summed E-state index contributed by atoms with van der Waals surface area (Å²) >= 11 is 7.42. The minimum Gasteiger partial charge on any atom is -0.480 e. The first-order valence-electron chi connectivity index (χ1n) is 12.4. The van der Waals surface area contributed by atoms with Crippen LogP contribution < -0.4 is 10.1 Å². The van der Waals surface area contributed by atoms with Crippen molar-refractivity contribution in [3.8, 4) is 5.88 Å². The number of halogens is 2. The van der Waals surface area contributed by atoms with Crippen molar-refractivity contribution < 1.29 is 29.0 Å². The normalized spacial score (nSPS) is 23.7. The number of hydrogen-bond donors (Lipinski definition) is 2. The summed E-state index contributed by atoms with van der Waals surface area (Å²) in [4.78, 5) is 44.1. The van der Waals surface area contributed by atoms with E-state index < -0.39 is 41.6 Å².